The first-order valence-corrected chi connectivity index (χ1v) is 11.9. The molecule has 0 aliphatic carbocycles. The first-order chi connectivity index (χ1) is 18.4. The second-order valence-corrected chi connectivity index (χ2v) is 7.88. The third kappa shape index (κ3) is 6.06. The van der Waals surface area contributed by atoms with E-state index in [0.717, 1.165) is 16.3 Å². The van der Waals surface area contributed by atoms with Gasteiger partial charge >= 0.3 is 0 Å². The van der Waals surface area contributed by atoms with Crippen molar-refractivity contribution >= 4 is 33.9 Å². The highest BCUT2D eigenvalue weighted by atomic mass is 16.3. The molecule has 192 valence electrons. The summed E-state index contributed by atoms with van der Waals surface area (Å²) in [7, 11) is 0. The van der Waals surface area contributed by atoms with Gasteiger partial charge in [-0.15, -0.1) is 0 Å². The lowest BCUT2D eigenvalue weighted by atomic mass is 10.0. The van der Waals surface area contributed by atoms with Gasteiger partial charge in [-0.3, -0.25) is 4.79 Å². The number of phenolic OH excluding ortho intramolecular Hbond substituents is 1. The highest BCUT2D eigenvalue weighted by Crippen LogP contribution is 2.34. The van der Waals surface area contributed by atoms with Gasteiger partial charge in [-0.05, 0) is 42.6 Å². The largest absolute Gasteiger partial charge is 0.505 e. The number of benzene rings is 3. The number of hydrogen-bond acceptors (Lipinski definition) is 7. The van der Waals surface area contributed by atoms with E-state index >= 15 is 0 Å². The van der Waals surface area contributed by atoms with Crippen LogP contribution >= 0.6 is 0 Å². The Morgan fingerprint density at radius 2 is 1.71 bits per heavy atom. The molecule has 0 aliphatic rings. The number of carbonyl (C=O) groups is 1. The van der Waals surface area contributed by atoms with Crippen LogP contribution in [0.3, 0.4) is 0 Å². The van der Waals surface area contributed by atoms with Gasteiger partial charge in [0.05, 0.1) is 17.4 Å². The molecule has 2 aromatic heterocycles. The third-order valence-electron chi connectivity index (χ3n) is 5.41. The molecule has 0 saturated heterocycles. The molecule has 5 rings (SSSR count). The van der Waals surface area contributed by atoms with Gasteiger partial charge in [0.2, 0.25) is 0 Å². The van der Waals surface area contributed by atoms with E-state index in [9.17, 15) is 9.90 Å². The van der Waals surface area contributed by atoms with E-state index in [1.54, 1.807) is 24.4 Å². The summed E-state index contributed by atoms with van der Waals surface area (Å²) in [5.74, 6) is 0.333. The normalized spacial score (nSPS) is 9.84. The number of nitrogens with zero attached hydrogens (tertiary/aromatic N) is 4. The molecule has 0 atom stereocenters. The van der Waals surface area contributed by atoms with Crippen LogP contribution in [0.1, 0.15) is 35.3 Å². The number of hydrogen-bond donors (Lipinski definition) is 4. The molecule has 3 aromatic carbocycles. The van der Waals surface area contributed by atoms with Crippen LogP contribution in [-0.2, 0) is 0 Å². The average molecular weight is 508 g/mol. The summed E-state index contributed by atoms with van der Waals surface area (Å²) >= 11 is 0. The molecule has 38 heavy (non-hydrogen) atoms. The number of phenols is 1. The summed E-state index contributed by atoms with van der Waals surface area (Å²) in [4.78, 5) is 16.5. The molecule has 6 N–H and O–H groups in total. The Hall–Kier alpha value is -5.36. The highest BCUT2D eigenvalue weighted by Gasteiger charge is 2.16. The van der Waals surface area contributed by atoms with Crippen LogP contribution in [0.5, 0.6) is 5.75 Å². The maximum atomic E-state index is 12.4. The number of carbonyl (C=O) groups excluding carboxylic acids is 1. The fraction of sp³-hybridized carbons (Fsp3) is 0.103. The first-order valence-electron chi connectivity index (χ1n) is 11.9. The summed E-state index contributed by atoms with van der Waals surface area (Å²) in [5.41, 5.74) is 14.1. The maximum Gasteiger partial charge on any atom is 0.259 e. The Labute approximate surface area is 221 Å². The van der Waals surface area contributed by atoms with Crippen LogP contribution in [0.2, 0.25) is 0 Å². The van der Waals surface area contributed by atoms with Crippen molar-refractivity contribution in [3.8, 4) is 17.6 Å². The quantitative estimate of drug-likeness (QED) is 0.187. The van der Waals surface area contributed by atoms with Crippen molar-refractivity contribution in [2.24, 2.45) is 0 Å². The van der Waals surface area contributed by atoms with Crippen LogP contribution in [0.25, 0.3) is 16.6 Å². The molecular formula is C29H29N7O2. The van der Waals surface area contributed by atoms with Gasteiger partial charge in [0.15, 0.2) is 11.6 Å². The maximum absolute atomic E-state index is 12.4. The minimum atomic E-state index is -0.390. The summed E-state index contributed by atoms with van der Waals surface area (Å²) in [6, 6.07) is 23.8. The van der Waals surface area contributed by atoms with E-state index in [1.807, 2.05) is 81.4 Å². The lowest BCUT2D eigenvalue weighted by Gasteiger charge is -2.11. The number of anilines is 3. The van der Waals surface area contributed by atoms with Gasteiger partial charge in [-0.25, -0.2) is 4.98 Å². The Morgan fingerprint density at radius 3 is 2.34 bits per heavy atom. The van der Waals surface area contributed by atoms with E-state index in [-0.39, 0.29) is 22.9 Å². The van der Waals surface area contributed by atoms with Crippen LogP contribution in [0.15, 0.2) is 85.2 Å². The van der Waals surface area contributed by atoms with Gasteiger partial charge in [0.25, 0.3) is 5.91 Å². The number of nitrogens with one attached hydrogen (secondary N) is 1. The molecule has 5 aromatic rings. The first kappa shape index (κ1) is 27.2. The van der Waals surface area contributed by atoms with Gasteiger partial charge < -0.3 is 21.9 Å². The van der Waals surface area contributed by atoms with Crippen molar-refractivity contribution in [3.63, 3.8) is 0 Å². The van der Waals surface area contributed by atoms with Crippen LogP contribution in [-0.4, -0.2) is 25.8 Å². The second kappa shape index (κ2) is 12.6. The zero-order valence-electron chi connectivity index (χ0n) is 21.4. The second-order valence-electron chi connectivity index (χ2n) is 7.88. The molecule has 0 fully saturated rings. The fourth-order valence-corrected chi connectivity index (χ4v) is 3.48. The van der Waals surface area contributed by atoms with Gasteiger partial charge in [0, 0.05) is 17.3 Å². The zero-order chi connectivity index (χ0) is 27.7. The topological polar surface area (TPSA) is 156 Å². The van der Waals surface area contributed by atoms with E-state index in [0.29, 0.717) is 22.9 Å². The van der Waals surface area contributed by atoms with E-state index < -0.39 is 0 Å². The van der Waals surface area contributed by atoms with E-state index in [2.05, 4.69) is 15.4 Å². The number of amides is 1. The summed E-state index contributed by atoms with van der Waals surface area (Å²) in [6.07, 6.45) is 3.06. The molecule has 9 nitrogen and oxygen atoms in total. The molecular weight excluding hydrogens is 478 g/mol. The van der Waals surface area contributed by atoms with E-state index in [1.165, 1.54) is 10.9 Å². The third-order valence-corrected chi connectivity index (χ3v) is 5.41. The number of rotatable bonds is 3. The van der Waals surface area contributed by atoms with E-state index in [4.69, 9.17) is 16.7 Å². The standard InChI is InChI=1S/C18H16N2O2.C9H7N5.C2H6/c1-11-6-8-13(9-7-11)20-18(22)15-10-12-4-2-3-5-14(12)16(19)17(15)21;10-5-7-6-13-14(9(7)11)8-3-1-2-4-12-8;1-2/h2-10,21H,19H2,1H3,(H,20,22);1-4,6H,11H2;1-2H3. The van der Waals surface area contributed by atoms with Crippen LogP contribution in [0.4, 0.5) is 17.2 Å². The minimum Gasteiger partial charge on any atom is -0.505 e. The highest BCUT2D eigenvalue weighted by molar-refractivity contribution is 6.11. The minimum absolute atomic E-state index is 0.164. The van der Waals surface area contributed by atoms with Crippen molar-refractivity contribution in [1.82, 2.24) is 14.8 Å². The fourth-order valence-electron chi connectivity index (χ4n) is 3.48. The van der Waals surface area contributed by atoms with Gasteiger partial charge in [-0.2, -0.15) is 15.0 Å². The smallest absolute Gasteiger partial charge is 0.259 e. The van der Waals surface area contributed by atoms with Crippen molar-refractivity contribution < 1.29 is 9.90 Å². The molecule has 9 heteroatoms. The van der Waals surface area contributed by atoms with Crippen molar-refractivity contribution in [1.29, 1.82) is 5.26 Å². The molecule has 0 bridgehead atoms. The SMILES string of the molecule is CC.Cc1ccc(NC(=O)c2cc3ccccc3c(N)c2O)cc1.N#Cc1cnn(-c2ccccn2)c1N. The molecule has 0 spiro atoms. The lowest BCUT2D eigenvalue weighted by molar-refractivity contribution is 0.102. The number of aromatic nitrogens is 3. The predicted octanol–water partition coefficient (Wildman–Crippen LogP) is 5.44. The number of nitrogens with two attached hydrogens (primary N) is 2. The predicted molar refractivity (Wildman–Crippen MR) is 151 cm³/mol. The van der Waals surface area contributed by atoms with Crippen LogP contribution in [0, 0.1) is 18.3 Å². The zero-order valence-corrected chi connectivity index (χ0v) is 21.4. The molecule has 0 radical (unpaired) electrons. The number of nitriles is 1. The van der Waals surface area contributed by atoms with Crippen LogP contribution < -0.4 is 16.8 Å². The Morgan fingerprint density at radius 1 is 1.03 bits per heavy atom. The summed E-state index contributed by atoms with van der Waals surface area (Å²) in [6.45, 7) is 5.97. The average Bonchev–Trinajstić information content (AvgIpc) is 3.34. The summed E-state index contributed by atoms with van der Waals surface area (Å²) < 4.78 is 1.43. The molecule has 0 unspecified atom stereocenters. The molecule has 0 saturated carbocycles. The van der Waals surface area contributed by atoms with Gasteiger partial charge in [-0.1, -0.05) is 61.9 Å². The lowest BCUT2D eigenvalue weighted by Crippen LogP contribution is -2.12. The molecule has 1 amide bonds. The Kier molecular flexibility index (Phi) is 9.00. The number of fused-ring (bicyclic) bond motifs is 1. The monoisotopic (exact) mass is 507 g/mol. The van der Waals surface area contributed by atoms with Gasteiger partial charge in [0.1, 0.15) is 17.5 Å². The number of aryl methyl sites for hydroxylation is 1. The molecule has 2 heterocycles. The number of pyridine rings is 1. The van der Waals surface area contributed by atoms with Crippen molar-refractivity contribution in [3.05, 3.63) is 102 Å². The Bertz CT molecular complexity index is 1570. The number of nitrogen functional groups attached to an aromatic ring is 2. The van der Waals surface area contributed by atoms with Crippen molar-refractivity contribution in [2.75, 3.05) is 16.8 Å². The summed E-state index contributed by atoms with van der Waals surface area (Å²) in [5, 5.41) is 27.1. The van der Waals surface area contributed by atoms with Crippen molar-refractivity contribution in [2.45, 2.75) is 20.8 Å². The molecule has 0 aliphatic heterocycles. The Balaban J connectivity index is 0.000000215. The number of aromatic hydroxyl groups is 1.